The van der Waals surface area contributed by atoms with E-state index in [1.165, 1.54) is 37.0 Å². The fraction of sp³-hybridized carbons (Fsp3) is 0.850. The van der Waals surface area contributed by atoms with E-state index in [2.05, 4.69) is 17.7 Å². The third-order valence-corrected chi connectivity index (χ3v) is 7.42. The number of likely N-dealkylation sites (tertiary alicyclic amines) is 1. The zero-order chi connectivity index (χ0) is 19.0. The molecule has 0 radical (unpaired) electrons. The molecule has 7 heteroatoms. The average molecular weight is 378 g/mol. The monoisotopic (exact) mass is 377 g/mol. The highest BCUT2D eigenvalue weighted by atomic mass is 16.2. The normalized spacial score (nSPS) is 39.2. The van der Waals surface area contributed by atoms with Gasteiger partial charge in [-0.15, -0.1) is 0 Å². The van der Waals surface area contributed by atoms with Crippen molar-refractivity contribution in [3.63, 3.8) is 0 Å². The Morgan fingerprint density at radius 1 is 1.15 bits per heavy atom. The van der Waals surface area contributed by atoms with Crippen molar-refractivity contribution in [3.05, 3.63) is 0 Å². The van der Waals surface area contributed by atoms with Gasteiger partial charge in [0.15, 0.2) is 6.54 Å². The van der Waals surface area contributed by atoms with Gasteiger partial charge in [-0.2, -0.15) is 5.01 Å². The second-order valence-corrected chi connectivity index (χ2v) is 9.34. The van der Waals surface area contributed by atoms with Crippen molar-refractivity contribution in [2.24, 2.45) is 17.8 Å². The maximum Gasteiger partial charge on any atom is 0.344 e. The number of imide groups is 1. The standard InChI is InChI=1S/C20H32N4O3/c1-14-6-9-20(10-7-14)18(26)24(19(27)21-20)22-17(25)13-23-11-8-15-4-2-3-5-16(15)12-23/h14-16H,2-13H2,1H3,(H,21,27)(H,22,25)/p+1/t14?,15-,16-,20?/m1/s1. The molecule has 4 aliphatic rings. The van der Waals surface area contributed by atoms with Crippen LogP contribution in [0.1, 0.15) is 64.7 Å². The van der Waals surface area contributed by atoms with Crippen molar-refractivity contribution in [1.82, 2.24) is 15.8 Å². The van der Waals surface area contributed by atoms with Crippen LogP contribution in [-0.4, -0.2) is 48.0 Å². The van der Waals surface area contributed by atoms with E-state index in [4.69, 9.17) is 0 Å². The molecule has 2 saturated heterocycles. The minimum absolute atomic E-state index is 0.232. The van der Waals surface area contributed by atoms with E-state index in [9.17, 15) is 14.4 Å². The first kappa shape index (κ1) is 18.7. The molecule has 1 unspecified atom stereocenters. The number of carbonyl (C=O) groups excluding carboxylic acids is 3. The van der Waals surface area contributed by atoms with Crippen LogP contribution in [0, 0.1) is 17.8 Å². The minimum Gasteiger partial charge on any atom is -0.327 e. The number of hydrazine groups is 1. The second kappa shape index (κ2) is 7.41. The molecule has 0 aromatic rings. The second-order valence-electron chi connectivity index (χ2n) is 9.34. The third kappa shape index (κ3) is 3.71. The van der Waals surface area contributed by atoms with Crippen LogP contribution in [0.3, 0.4) is 0 Å². The highest BCUT2D eigenvalue weighted by Gasteiger charge is 2.53. The van der Waals surface area contributed by atoms with Gasteiger partial charge in [0.05, 0.1) is 13.1 Å². The summed E-state index contributed by atoms with van der Waals surface area (Å²) < 4.78 is 0. The zero-order valence-corrected chi connectivity index (χ0v) is 16.4. The molecule has 0 aromatic heterocycles. The van der Waals surface area contributed by atoms with Crippen LogP contribution in [0.4, 0.5) is 4.79 Å². The van der Waals surface area contributed by atoms with E-state index in [-0.39, 0.29) is 11.8 Å². The fourth-order valence-corrected chi connectivity index (χ4v) is 5.66. The molecular weight excluding hydrogens is 344 g/mol. The van der Waals surface area contributed by atoms with Crippen molar-refractivity contribution < 1.29 is 19.3 Å². The Morgan fingerprint density at radius 3 is 2.59 bits per heavy atom. The number of nitrogens with zero attached hydrogens (tertiary/aromatic N) is 1. The van der Waals surface area contributed by atoms with E-state index in [1.807, 2.05) is 0 Å². The quantitative estimate of drug-likeness (QED) is 0.631. The van der Waals surface area contributed by atoms with Gasteiger partial charge in [0.25, 0.3) is 11.8 Å². The summed E-state index contributed by atoms with van der Waals surface area (Å²) in [6, 6.07) is -0.483. The van der Waals surface area contributed by atoms with E-state index < -0.39 is 11.6 Å². The summed E-state index contributed by atoms with van der Waals surface area (Å²) in [6.07, 6.45) is 9.64. The summed E-state index contributed by atoms with van der Waals surface area (Å²) in [6.45, 7) is 4.56. The number of rotatable bonds is 3. The maximum absolute atomic E-state index is 12.8. The SMILES string of the molecule is CC1CCC2(CC1)NC(=O)N(NC(=O)C[NH+]1CC[C@H]3CCCC[C@@H]3C1)C2=O. The van der Waals surface area contributed by atoms with Crippen LogP contribution < -0.4 is 15.6 Å². The topological polar surface area (TPSA) is 83.0 Å². The van der Waals surface area contributed by atoms with Crippen LogP contribution in [0.15, 0.2) is 0 Å². The molecule has 4 fully saturated rings. The van der Waals surface area contributed by atoms with Crippen molar-refractivity contribution in [2.75, 3.05) is 19.6 Å². The first-order valence-corrected chi connectivity index (χ1v) is 10.8. The van der Waals surface area contributed by atoms with Gasteiger partial charge in [0, 0.05) is 5.92 Å². The van der Waals surface area contributed by atoms with E-state index in [1.54, 1.807) is 0 Å². The summed E-state index contributed by atoms with van der Waals surface area (Å²) in [7, 11) is 0. The highest BCUT2D eigenvalue weighted by molar-refractivity contribution is 6.08. The molecule has 1 spiro atoms. The lowest BCUT2D eigenvalue weighted by Crippen LogP contribution is -3.15. The number of carbonyl (C=O) groups is 3. The van der Waals surface area contributed by atoms with Gasteiger partial charge in [0.2, 0.25) is 0 Å². The van der Waals surface area contributed by atoms with Gasteiger partial charge in [0.1, 0.15) is 5.54 Å². The Kier molecular flexibility index (Phi) is 5.14. The zero-order valence-electron chi connectivity index (χ0n) is 16.4. The molecule has 3 atom stereocenters. The van der Waals surface area contributed by atoms with Gasteiger partial charge in [-0.1, -0.05) is 19.8 Å². The molecule has 4 rings (SSSR count). The molecule has 0 bridgehead atoms. The fourth-order valence-electron chi connectivity index (χ4n) is 5.66. The predicted octanol–water partition coefficient (Wildman–Crippen LogP) is 0.613. The molecule has 2 aliphatic heterocycles. The van der Waals surface area contributed by atoms with Crippen molar-refractivity contribution in [2.45, 2.75) is 70.3 Å². The molecule has 2 heterocycles. The molecule has 0 aromatic carbocycles. The van der Waals surface area contributed by atoms with Crippen molar-refractivity contribution >= 4 is 17.8 Å². The molecular formula is C20H33N4O3+. The smallest absolute Gasteiger partial charge is 0.327 e. The first-order valence-electron chi connectivity index (χ1n) is 10.8. The number of quaternary nitrogens is 1. The number of fused-ring (bicyclic) bond motifs is 1. The molecule has 4 amide bonds. The van der Waals surface area contributed by atoms with Crippen molar-refractivity contribution in [1.29, 1.82) is 0 Å². The molecule has 3 N–H and O–H groups in total. The molecule has 2 aliphatic carbocycles. The van der Waals surface area contributed by atoms with E-state index >= 15 is 0 Å². The van der Waals surface area contributed by atoms with E-state index in [0.29, 0.717) is 25.3 Å². The molecule has 27 heavy (non-hydrogen) atoms. The van der Waals surface area contributed by atoms with Crippen LogP contribution in [0.25, 0.3) is 0 Å². The van der Waals surface area contributed by atoms with Crippen LogP contribution >= 0.6 is 0 Å². The summed E-state index contributed by atoms with van der Waals surface area (Å²) in [5, 5.41) is 3.79. The van der Waals surface area contributed by atoms with Crippen LogP contribution in [0.2, 0.25) is 0 Å². The number of hydrogen-bond acceptors (Lipinski definition) is 3. The van der Waals surface area contributed by atoms with Crippen LogP contribution in [-0.2, 0) is 9.59 Å². The summed E-state index contributed by atoms with van der Waals surface area (Å²) >= 11 is 0. The Balaban J connectivity index is 1.31. The number of nitrogens with one attached hydrogen (secondary N) is 3. The minimum atomic E-state index is -0.801. The van der Waals surface area contributed by atoms with Gasteiger partial charge >= 0.3 is 6.03 Å². The third-order valence-electron chi connectivity index (χ3n) is 7.42. The Labute approximate surface area is 161 Å². The van der Waals surface area contributed by atoms with Crippen LogP contribution in [0.5, 0.6) is 0 Å². The summed E-state index contributed by atoms with van der Waals surface area (Å²) in [5.74, 6) is 1.64. The first-order chi connectivity index (χ1) is 13.0. The largest absolute Gasteiger partial charge is 0.344 e. The Bertz CT molecular complexity index is 614. The lowest BCUT2D eigenvalue weighted by atomic mass is 9.75. The highest BCUT2D eigenvalue weighted by Crippen LogP contribution is 2.36. The van der Waals surface area contributed by atoms with Crippen molar-refractivity contribution in [3.8, 4) is 0 Å². The van der Waals surface area contributed by atoms with E-state index in [0.717, 1.165) is 42.8 Å². The Morgan fingerprint density at radius 2 is 1.85 bits per heavy atom. The molecule has 2 saturated carbocycles. The number of piperidine rings is 1. The van der Waals surface area contributed by atoms with Gasteiger partial charge in [-0.05, 0) is 56.8 Å². The lowest BCUT2D eigenvalue weighted by Gasteiger charge is -2.38. The average Bonchev–Trinajstić information content (AvgIpc) is 2.88. The molecule has 150 valence electrons. The number of amides is 4. The summed E-state index contributed by atoms with van der Waals surface area (Å²) in [5.41, 5.74) is 1.79. The van der Waals surface area contributed by atoms with Gasteiger partial charge in [-0.3, -0.25) is 15.0 Å². The lowest BCUT2D eigenvalue weighted by molar-refractivity contribution is -0.902. The number of urea groups is 1. The Hall–Kier alpha value is -1.63. The molecule has 7 nitrogen and oxygen atoms in total. The van der Waals surface area contributed by atoms with Gasteiger partial charge < -0.3 is 10.2 Å². The van der Waals surface area contributed by atoms with Gasteiger partial charge in [-0.25, -0.2) is 4.79 Å². The number of hydrogen-bond donors (Lipinski definition) is 3. The predicted molar refractivity (Wildman–Crippen MR) is 99.5 cm³/mol. The maximum atomic E-state index is 12.8. The summed E-state index contributed by atoms with van der Waals surface area (Å²) in [4.78, 5) is 39.0.